The van der Waals surface area contributed by atoms with E-state index < -0.39 is 5.97 Å². The smallest absolute Gasteiger partial charge is 0.306 e. The van der Waals surface area contributed by atoms with Gasteiger partial charge in [0.2, 0.25) is 11.8 Å². The summed E-state index contributed by atoms with van der Waals surface area (Å²) in [6.45, 7) is 0.917. The van der Waals surface area contributed by atoms with Gasteiger partial charge in [0.1, 0.15) is 0 Å². The average molecular weight is 411 g/mol. The molecule has 7 heteroatoms. The molecule has 2 rings (SSSR count). The molecule has 1 aromatic carbocycles. The zero-order valence-electron chi connectivity index (χ0n) is 14.3. The molecular weight excluding hydrogens is 388 g/mol. The number of carboxylic acids is 1. The Bertz CT molecular complexity index is 642. The second-order valence-electron chi connectivity index (χ2n) is 6.37. The molecule has 25 heavy (non-hydrogen) atoms. The molecule has 0 radical (unpaired) electrons. The standard InChI is InChI=1S/C18H23BrN2O4/c1-20(16(22)6-5-13-3-2-4-15(19)11-13)12-17(23)21-9-7-14(8-10-21)18(24)25/h2-4,11,14H,5-10,12H2,1H3,(H,24,25). The lowest BCUT2D eigenvalue weighted by Crippen LogP contribution is -2.45. The van der Waals surface area contributed by atoms with Crippen LogP contribution in [0.4, 0.5) is 0 Å². The molecule has 2 amide bonds. The van der Waals surface area contributed by atoms with E-state index in [1.807, 2.05) is 24.3 Å². The number of piperidine rings is 1. The lowest BCUT2D eigenvalue weighted by molar-refractivity contribution is -0.146. The summed E-state index contributed by atoms with van der Waals surface area (Å²) in [6.07, 6.45) is 1.92. The van der Waals surface area contributed by atoms with Crippen molar-refractivity contribution in [1.29, 1.82) is 0 Å². The zero-order chi connectivity index (χ0) is 18.4. The van der Waals surface area contributed by atoms with Gasteiger partial charge in [0.05, 0.1) is 12.5 Å². The molecule has 6 nitrogen and oxygen atoms in total. The summed E-state index contributed by atoms with van der Waals surface area (Å²) in [5.41, 5.74) is 1.07. The molecule has 0 aliphatic carbocycles. The Labute approximate surface area is 155 Å². The van der Waals surface area contributed by atoms with Crippen molar-refractivity contribution < 1.29 is 19.5 Å². The monoisotopic (exact) mass is 410 g/mol. The first kappa shape index (κ1) is 19.4. The van der Waals surface area contributed by atoms with Gasteiger partial charge in [-0.05, 0) is 37.0 Å². The second-order valence-corrected chi connectivity index (χ2v) is 7.29. The van der Waals surface area contributed by atoms with Gasteiger partial charge in [-0.3, -0.25) is 14.4 Å². The normalized spacial score (nSPS) is 15.0. The van der Waals surface area contributed by atoms with E-state index in [1.54, 1.807) is 11.9 Å². The highest BCUT2D eigenvalue weighted by Gasteiger charge is 2.27. The van der Waals surface area contributed by atoms with Crippen LogP contribution < -0.4 is 0 Å². The van der Waals surface area contributed by atoms with Crippen LogP contribution in [0.3, 0.4) is 0 Å². The number of likely N-dealkylation sites (tertiary alicyclic amines) is 1. The topological polar surface area (TPSA) is 77.9 Å². The Hall–Kier alpha value is -1.89. The first-order valence-electron chi connectivity index (χ1n) is 8.36. The molecule has 0 atom stereocenters. The SMILES string of the molecule is CN(CC(=O)N1CCC(C(=O)O)CC1)C(=O)CCc1cccc(Br)c1. The van der Waals surface area contributed by atoms with Crippen LogP contribution in [0.5, 0.6) is 0 Å². The van der Waals surface area contributed by atoms with Crippen molar-refractivity contribution in [3.8, 4) is 0 Å². The minimum absolute atomic E-state index is 0.0368. The molecule has 1 saturated heterocycles. The van der Waals surface area contributed by atoms with E-state index in [-0.39, 0.29) is 24.3 Å². The molecule has 136 valence electrons. The highest BCUT2D eigenvalue weighted by atomic mass is 79.9. The number of carboxylic acid groups (broad SMARTS) is 1. The molecule has 1 N–H and O–H groups in total. The molecule has 1 aliphatic rings. The number of hydrogen-bond donors (Lipinski definition) is 1. The maximum absolute atomic E-state index is 12.3. The number of amides is 2. The molecule has 0 bridgehead atoms. The molecule has 0 spiro atoms. The highest BCUT2D eigenvalue weighted by molar-refractivity contribution is 9.10. The number of aryl methyl sites for hydroxylation is 1. The van der Waals surface area contributed by atoms with E-state index in [2.05, 4.69) is 15.9 Å². The predicted molar refractivity (Wildman–Crippen MR) is 97.0 cm³/mol. The fourth-order valence-electron chi connectivity index (χ4n) is 2.90. The van der Waals surface area contributed by atoms with Crippen molar-refractivity contribution in [2.75, 3.05) is 26.7 Å². The van der Waals surface area contributed by atoms with Crippen LogP contribution in [0.2, 0.25) is 0 Å². The van der Waals surface area contributed by atoms with Gasteiger partial charge < -0.3 is 14.9 Å². The van der Waals surface area contributed by atoms with Crippen LogP contribution in [0.15, 0.2) is 28.7 Å². The third-order valence-electron chi connectivity index (χ3n) is 4.51. The summed E-state index contributed by atoms with van der Waals surface area (Å²) >= 11 is 3.41. The van der Waals surface area contributed by atoms with Gasteiger partial charge in [-0.1, -0.05) is 28.1 Å². The number of aliphatic carboxylic acids is 1. The number of halogens is 1. The van der Waals surface area contributed by atoms with Gasteiger partial charge in [-0.15, -0.1) is 0 Å². The molecule has 1 aliphatic heterocycles. The Morgan fingerprint density at radius 1 is 1.28 bits per heavy atom. The Morgan fingerprint density at radius 2 is 1.96 bits per heavy atom. The minimum atomic E-state index is -0.799. The Kier molecular flexibility index (Phi) is 6.99. The van der Waals surface area contributed by atoms with E-state index in [1.165, 1.54) is 4.90 Å². The van der Waals surface area contributed by atoms with Gasteiger partial charge in [0, 0.05) is 31.0 Å². The molecule has 1 aromatic rings. The molecule has 0 saturated carbocycles. The Balaban J connectivity index is 1.76. The van der Waals surface area contributed by atoms with Crippen LogP contribution in [0.1, 0.15) is 24.8 Å². The largest absolute Gasteiger partial charge is 0.481 e. The summed E-state index contributed by atoms with van der Waals surface area (Å²) in [6, 6.07) is 7.81. The van der Waals surface area contributed by atoms with E-state index in [9.17, 15) is 14.4 Å². The van der Waals surface area contributed by atoms with Crippen molar-refractivity contribution in [2.24, 2.45) is 5.92 Å². The second kappa shape index (κ2) is 8.99. The maximum atomic E-state index is 12.3. The average Bonchev–Trinajstić information content (AvgIpc) is 2.59. The first-order chi connectivity index (χ1) is 11.9. The number of carbonyl (C=O) groups excluding carboxylic acids is 2. The maximum Gasteiger partial charge on any atom is 0.306 e. The summed E-state index contributed by atoms with van der Waals surface area (Å²) in [7, 11) is 1.63. The third-order valence-corrected chi connectivity index (χ3v) is 5.00. The highest BCUT2D eigenvalue weighted by Crippen LogP contribution is 2.17. The Morgan fingerprint density at radius 3 is 2.56 bits per heavy atom. The van der Waals surface area contributed by atoms with Gasteiger partial charge in [-0.25, -0.2) is 0 Å². The van der Waals surface area contributed by atoms with E-state index in [4.69, 9.17) is 5.11 Å². The lowest BCUT2D eigenvalue weighted by atomic mass is 9.97. The number of benzene rings is 1. The zero-order valence-corrected chi connectivity index (χ0v) is 15.9. The molecule has 0 aromatic heterocycles. The summed E-state index contributed by atoms with van der Waals surface area (Å²) < 4.78 is 0.978. The van der Waals surface area contributed by atoms with Crippen LogP contribution in [-0.2, 0) is 20.8 Å². The van der Waals surface area contributed by atoms with Crippen LogP contribution >= 0.6 is 15.9 Å². The first-order valence-corrected chi connectivity index (χ1v) is 9.15. The summed E-state index contributed by atoms with van der Waals surface area (Å²) in [4.78, 5) is 38.6. The van der Waals surface area contributed by atoms with Crippen molar-refractivity contribution in [3.05, 3.63) is 34.3 Å². The fraction of sp³-hybridized carbons (Fsp3) is 0.500. The van der Waals surface area contributed by atoms with Gasteiger partial charge >= 0.3 is 5.97 Å². The molecule has 1 heterocycles. The minimum Gasteiger partial charge on any atom is -0.481 e. The van der Waals surface area contributed by atoms with Gasteiger partial charge in [0.25, 0.3) is 0 Å². The fourth-order valence-corrected chi connectivity index (χ4v) is 3.35. The lowest BCUT2D eigenvalue weighted by Gasteiger charge is -2.31. The van der Waals surface area contributed by atoms with E-state index >= 15 is 0 Å². The summed E-state index contributed by atoms with van der Waals surface area (Å²) in [5, 5.41) is 8.99. The van der Waals surface area contributed by atoms with E-state index in [0.717, 1.165) is 10.0 Å². The number of likely N-dealkylation sites (N-methyl/N-ethyl adjacent to an activating group) is 1. The van der Waals surface area contributed by atoms with Crippen LogP contribution in [0, 0.1) is 5.92 Å². The van der Waals surface area contributed by atoms with E-state index in [0.29, 0.717) is 38.8 Å². The van der Waals surface area contributed by atoms with Crippen molar-refractivity contribution in [3.63, 3.8) is 0 Å². The van der Waals surface area contributed by atoms with Crippen LogP contribution in [-0.4, -0.2) is 59.4 Å². The predicted octanol–water partition coefficient (Wildman–Crippen LogP) is 2.16. The third kappa shape index (κ3) is 5.85. The molecule has 0 unspecified atom stereocenters. The van der Waals surface area contributed by atoms with Crippen molar-refractivity contribution in [1.82, 2.24) is 9.80 Å². The van der Waals surface area contributed by atoms with Crippen LogP contribution in [0.25, 0.3) is 0 Å². The van der Waals surface area contributed by atoms with Crippen molar-refractivity contribution in [2.45, 2.75) is 25.7 Å². The number of carbonyl (C=O) groups is 3. The van der Waals surface area contributed by atoms with Gasteiger partial charge in [0.15, 0.2) is 0 Å². The number of hydrogen-bond acceptors (Lipinski definition) is 3. The summed E-state index contributed by atoms with van der Waals surface area (Å²) in [5.74, 6) is -1.36. The number of rotatable bonds is 6. The number of nitrogens with zero attached hydrogens (tertiary/aromatic N) is 2. The molecule has 1 fully saturated rings. The van der Waals surface area contributed by atoms with Crippen molar-refractivity contribution >= 4 is 33.7 Å². The molecular formula is C18H23BrN2O4. The quantitative estimate of drug-likeness (QED) is 0.779. The van der Waals surface area contributed by atoms with Gasteiger partial charge in [-0.2, -0.15) is 0 Å².